The number of pyridine rings is 1. The summed E-state index contributed by atoms with van der Waals surface area (Å²) in [4.78, 5) is 6.15. The van der Waals surface area contributed by atoms with Crippen LogP contribution < -0.4 is 15.0 Å². The Kier molecular flexibility index (Phi) is 4.29. The average Bonchev–Trinajstić information content (AvgIpc) is 3.06. The maximum Gasteiger partial charge on any atom is 0.416 e. The van der Waals surface area contributed by atoms with Crippen molar-refractivity contribution in [3.8, 4) is 5.88 Å². The smallest absolute Gasteiger partial charge is 0.416 e. The molecule has 1 aliphatic rings. The van der Waals surface area contributed by atoms with Crippen LogP contribution in [0, 0.1) is 6.92 Å². The zero-order valence-electron chi connectivity index (χ0n) is 15.0. The van der Waals surface area contributed by atoms with Crippen molar-refractivity contribution in [3.63, 3.8) is 0 Å². The summed E-state index contributed by atoms with van der Waals surface area (Å²) in [5, 5.41) is 11.3. The van der Waals surface area contributed by atoms with E-state index in [-0.39, 0.29) is 0 Å². The van der Waals surface area contributed by atoms with Gasteiger partial charge in [-0.3, -0.25) is 9.88 Å². The van der Waals surface area contributed by atoms with Gasteiger partial charge in [0.2, 0.25) is 5.88 Å². The number of benzene rings is 1. The summed E-state index contributed by atoms with van der Waals surface area (Å²) in [5.41, 5.74) is 1.82. The lowest BCUT2D eigenvalue weighted by Crippen LogP contribution is -2.25. The fraction of sp³-hybridized carbons (Fsp3) is 0.211. The van der Waals surface area contributed by atoms with Gasteiger partial charge in [-0.15, -0.1) is 10.2 Å². The van der Waals surface area contributed by atoms with E-state index in [4.69, 9.17) is 4.74 Å². The first-order valence-corrected chi connectivity index (χ1v) is 8.44. The summed E-state index contributed by atoms with van der Waals surface area (Å²) in [6.45, 7) is 1.92. The second kappa shape index (κ2) is 6.66. The summed E-state index contributed by atoms with van der Waals surface area (Å²) in [5.74, 6) is 0.800. The number of hydrogen-bond donors (Lipinski definition) is 1. The lowest BCUT2D eigenvalue weighted by molar-refractivity contribution is -0.137. The maximum absolute atomic E-state index is 13.1. The van der Waals surface area contributed by atoms with E-state index in [1.165, 1.54) is 13.2 Å². The first kappa shape index (κ1) is 18.0. The van der Waals surface area contributed by atoms with Crippen LogP contribution in [0.2, 0.25) is 0 Å². The third-order valence-electron chi connectivity index (χ3n) is 4.43. The van der Waals surface area contributed by atoms with Crippen molar-refractivity contribution in [1.29, 1.82) is 0 Å². The Labute approximate surface area is 159 Å². The van der Waals surface area contributed by atoms with Crippen LogP contribution in [0.5, 0.6) is 5.88 Å². The molecule has 1 unspecified atom stereocenters. The van der Waals surface area contributed by atoms with Gasteiger partial charge in [-0.05, 0) is 48.9 Å². The Balaban J connectivity index is 1.82. The Hall–Kier alpha value is -3.36. The largest absolute Gasteiger partial charge is 0.480 e. The highest BCUT2D eigenvalue weighted by Gasteiger charge is 2.37. The molecule has 0 spiro atoms. The van der Waals surface area contributed by atoms with Crippen molar-refractivity contribution in [3.05, 3.63) is 65.5 Å². The van der Waals surface area contributed by atoms with E-state index in [0.29, 0.717) is 28.8 Å². The second-order valence-corrected chi connectivity index (χ2v) is 6.34. The van der Waals surface area contributed by atoms with Crippen LogP contribution >= 0.6 is 0 Å². The molecule has 0 saturated heterocycles. The molecule has 2 aromatic heterocycles. The molecule has 9 heteroatoms. The van der Waals surface area contributed by atoms with Gasteiger partial charge in [0.05, 0.1) is 29.7 Å². The van der Waals surface area contributed by atoms with Gasteiger partial charge >= 0.3 is 6.18 Å². The zero-order valence-corrected chi connectivity index (χ0v) is 15.0. The number of methoxy groups -OCH3 is 1. The molecule has 0 radical (unpaired) electrons. The predicted octanol–water partition coefficient (Wildman–Crippen LogP) is 4.47. The summed E-state index contributed by atoms with van der Waals surface area (Å²) < 4.78 is 44.5. The lowest BCUT2D eigenvalue weighted by atomic mass is 10.1. The number of nitrogens with zero attached hydrogens (tertiary/aromatic N) is 4. The maximum atomic E-state index is 13.1. The normalized spacial score (nSPS) is 15.9. The molecular weight excluding hydrogens is 371 g/mol. The second-order valence-electron chi connectivity index (χ2n) is 6.34. The Bertz CT molecular complexity index is 1010. The molecule has 28 heavy (non-hydrogen) atoms. The molecule has 0 aliphatic carbocycles. The number of nitrogens with one attached hydrogen (secondary N) is 1. The van der Waals surface area contributed by atoms with Gasteiger partial charge in [0.25, 0.3) is 0 Å². The van der Waals surface area contributed by atoms with Crippen LogP contribution in [0.4, 0.5) is 30.4 Å². The van der Waals surface area contributed by atoms with E-state index in [9.17, 15) is 13.2 Å². The van der Waals surface area contributed by atoms with Crippen LogP contribution in [0.15, 0.2) is 48.7 Å². The van der Waals surface area contributed by atoms with E-state index < -0.39 is 17.9 Å². The molecule has 144 valence electrons. The number of hydrogen-bond acceptors (Lipinski definition) is 6. The van der Waals surface area contributed by atoms with E-state index in [1.807, 2.05) is 19.1 Å². The van der Waals surface area contributed by atoms with Crippen LogP contribution in [0.25, 0.3) is 0 Å². The predicted molar refractivity (Wildman–Crippen MR) is 97.5 cm³/mol. The molecule has 1 aliphatic heterocycles. The minimum Gasteiger partial charge on any atom is -0.480 e. The molecule has 0 bridgehead atoms. The van der Waals surface area contributed by atoms with Gasteiger partial charge in [-0.1, -0.05) is 0 Å². The van der Waals surface area contributed by atoms with Crippen molar-refractivity contribution in [2.24, 2.45) is 0 Å². The average molecular weight is 387 g/mol. The Morgan fingerprint density at radius 3 is 2.54 bits per heavy atom. The molecule has 1 atom stereocenters. The molecule has 3 heterocycles. The first-order valence-electron chi connectivity index (χ1n) is 8.44. The molecule has 0 amide bonds. The Morgan fingerprint density at radius 2 is 1.89 bits per heavy atom. The number of halogens is 3. The lowest BCUT2D eigenvalue weighted by Gasteiger charge is -2.25. The first-order chi connectivity index (χ1) is 13.4. The summed E-state index contributed by atoms with van der Waals surface area (Å²) in [6, 6.07) is 10.6. The number of rotatable bonds is 3. The van der Waals surface area contributed by atoms with Crippen molar-refractivity contribution < 1.29 is 17.9 Å². The number of aryl methyl sites for hydroxylation is 1. The number of alkyl halides is 3. The van der Waals surface area contributed by atoms with Crippen molar-refractivity contribution in [1.82, 2.24) is 15.2 Å². The van der Waals surface area contributed by atoms with Crippen LogP contribution in [-0.4, -0.2) is 22.3 Å². The SMILES string of the molecule is COc1ccc(N2c3ccc(C(F)(F)F)cc3NC2c2cc(C)ccn2)nn1. The molecule has 0 saturated carbocycles. The quantitative estimate of drug-likeness (QED) is 0.716. The number of fused-ring (bicyclic) bond motifs is 1. The fourth-order valence-electron chi connectivity index (χ4n) is 3.11. The van der Waals surface area contributed by atoms with Gasteiger partial charge in [0.1, 0.15) is 6.17 Å². The number of aromatic nitrogens is 3. The third kappa shape index (κ3) is 3.19. The number of ether oxygens (including phenoxy) is 1. The molecule has 6 nitrogen and oxygen atoms in total. The molecular formula is C19H16F3N5O. The van der Waals surface area contributed by atoms with Crippen LogP contribution in [0.3, 0.4) is 0 Å². The highest BCUT2D eigenvalue weighted by Crippen LogP contribution is 2.46. The zero-order chi connectivity index (χ0) is 19.9. The topological polar surface area (TPSA) is 63.2 Å². The fourth-order valence-corrected chi connectivity index (χ4v) is 3.11. The van der Waals surface area contributed by atoms with E-state index in [1.54, 1.807) is 23.2 Å². The highest BCUT2D eigenvalue weighted by atomic mass is 19.4. The van der Waals surface area contributed by atoms with Crippen molar-refractivity contribution >= 4 is 17.2 Å². The van der Waals surface area contributed by atoms with Crippen molar-refractivity contribution in [2.45, 2.75) is 19.3 Å². The van der Waals surface area contributed by atoms with E-state index >= 15 is 0 Å². The van der Waals surface area contributed by atoms with Gasteiger partial charge in [0.15, 0.2) is 5.82 Å². The molecule has 0 fully saturated rings. The van der Waals surface area contributed by atoms with E-state index in [0.717, 1.165) is 17.7 Å². The molecule has 1 N–H and O–H groups in total. The highest BCUT2D eigenvalue weighted by molar-refractivity contribution is 5.82. The molecule has 1 aromatic carbocycles. The third-order valence-corrected chi connectivity index (χ3v) is 4.43. The monoisotopic (exact) mass is 387 g/mol. The minimum atomic E-state index is -4.43. The van der Waals surface area contributed by atoms with Gasteiger partial charge in [-0.25, -0.2) is 0 Å². The molecule has 4 rings (SSSR count). The standard InChI is InChI=1S/C19H16F3N5O/c1-11-7-8-23-14(9-11)18-24-13-10-12(19(20,21)22)3-4-15(13)27(18)16-5-6-17(28-2)26-25-16/h3-10,18,24H,1-2H3. The molecule has 3 aromatic rings. The minimum absolute atomic E-state index is 0.341. The van der Waals surface area contributed by atoms with Gasteiger partial charge in [-0.2, -0.15) is 13.2 Å². The summed E-state index contributed by atoms with van der Waals surface area (Å²) >= 11 is 0. The summed E-state index contributed by atoms with van der Waals surface area (Å²) in [7, 11) is 1.48. The van der Waals surface area contributed by atoms with E-state index in [2.05, 4.69) is 20.5 Å². The van der Waals surface area contributed by atoms with Gasteiger partial charge in [0, 0.05) is 12.3 Å². The summed E-state index contributed by atoms with van der Waals surface area (Å²) in [6.07, 6.45) is -3.30. The van der Waals surface area contributed by atoms with Crippen LogP contribution in [-0.2, 0) is 6.18 Å². The van der Waals surface area contributed by atoms with Crippen LogP contribution in [0.1, 0.15) is 23.0 Å². The van der Waals surface area contributed by atoms with Gasteiger partial charge < -0.3 is 10.1 Å². The number of anilines is 3. The Morgan fingerprint density at radius 1 is 1.07 bits per heavy atom. The van der Waals surface area contributed by atoms with Crippen molar-refractivity contribution in [2.75, 3.05) is 17.3 Å².